The van der Waals surface area contributed by atoms with Crippen LogP contribution in [0.2, 0.25) is 0 Å². The van der Waals surface area contributed by atoms with Gasteiger partial charge in [-0.15, -0.1) is 0 Å². The normalized spacial score (nSPS) is 11.0. The number of nitrogens with one attached hydrogen (secondary N) is 2. The summed E-state index contributed by atoms with van der Waals surface area (Å²) in [7, 11) is 1.59. The molecule has 0 aliphatic carbocycles. The maximum Gasteiger partial charge on any atom is 0.412 e. The number of rotatable bonds is 5. The summed E-state index contributed by atoms with van der Waals surface area (Å²) in [6.45, 7) is 6.02. The molecule has 1 aromatic carbocycles. The average Bonchev–Trinajstić information content (AvgIpc) is 2.97. The van der Waals surface area contributed by atoms with Crippen LogP contribution in [-0.4, -0.2) is 18.8 Å². The Kier molecular flexibility index (Phi) is 5.16. The lowest BCUT2D eigenvalue weighted by Gasteiger charge is -2.21. The van der Waals surface area contributed by atoms with Crippen LogP contribution in [0.3, 0.4) is 0 Å². The van der Waals surface area contributed by atoms with Crippen LogP contribution >= 0.6 is 0 Å². The van der Waals surface area contributed by atoms with Crippen LogP contribution in [0.15, 0.2) is 41.2 Å². The van der Waals surface area contributed by atoms with Gasteiger partial charge in [0.05, 0.1) is 31.0 Å². The van der Waals surface area contributed by atoms with Crippen LogP contribution in [0.4, 0.5) is 16.2 Å². The number of hydrogen-bond donors (Lipinski definition) is 2. The molecule has 0 spiro atoms. The maximum atomic E-state index is 12.0. The first-order chi connectivity index (χ1) is 10.9. The number of carbonyl (C=O) groups is 1. The van der Waals surface area contributed by atoms with Crippen molar-refractivity contribution in [3.8, 4) is 5.75 Å². The van der Waals surface area contributed by atoms with E-state index in [0.717, 1.165) is 11.3 Å². The first-order valence-corrected chi connectivity index (χ1v) is 7.30. The molecule has 124 valence electrons. The Morgan fingerprint density at radius 1 is 1.22 bits per heavy atom. The third kappa shape index (κ3) is 5.25. The molecule has 0 radical (unpaired) electrons. The zero-order chi connectivity index (χ0) is 16.9. The van der Waals surface area contributed by atoms with E-state index in [9.17, 15) is 4.79 Å². The fraction of sp³-hybridized carbons (Fsp3) is 0.353. The summed E-state index contributed by atoms with van der Waals surface area (Å²) in [5.74, 6) is 0.689. The van der Waals surface area contributed by atoms with E-state index in [2.05, 4.69) is 10.6 Å². The van der Waals surface area contributed by atoms with Gasteiger partial charge < -0.3 is 19.2 Å². The molecule has 6 nitrogen and oxygen atoms in total. The summed E-state index contributed by atoms with van der Waals surface area (Å²) in [6.07, 6.45) is 2.77. The average molecular weight is 318 g/mol. The minimum Gasteiger partial charge on any atom is -0.497 e. The lowest BCUT2D eigenvalue weighted by molar-refractivity contribution is 0.0636. The zero-order valence-electron chi connectivity index (χ0n) is 13.8. The number of carbonyl (C=O) groups excluding carboxylic acids is 1. The van der Waals surface area contributed by atoms with E-state index in [4.69, 9.17) is 13.9 Å². The Hall–Kier alpha value is -2.63. The van der Waals surface area contributed by atoms with Gasteiger partial charge in [0, 0.05) is 18.2 Å². The highest BCUT2D eigenvalue weighted by atomic mass is 16.6. The minimum atomic E-state index is -0.555. The van der Waals surface area contributed by atoms with E-state index in [1.165, 1.54) is 0 Å². The summed E-state index contributed by atoms with van der Waals surface area (Å²) in [5.41, 5.74) is 1.79. The number of methoxy groups -OCH3 is 1. The molecule has 2 aromatic rings. The molecule has 1 amide bonds. The van der Waals surface area contributed by atoms with Crippen molar-refractivity contribution in [2.45, 2.75) is 32.9 Å². The number of furan rings is 1. The predicted octanol–water partition coefficient (Wildman–Crippen LogP) is 4.25. The van der Waals surface area contributed by atoms with Gasteiger partial charge in [-0.25, -0.2) is 4.79 Å². The van der Waals surface area contributed by atoms with Gasteiger partial charge in [0.15, 0.2) is 0 Å². The van der Waals surface area contributed by atoms with Crippen molar-refractivity contribution in [1.82, 2.24) is 0 Å². The Balaban J connectivity index is 2.12. The summed E-state index contributed by atoms with van der Waals surface area (Å²) < 4.78 is 15.6. The standard InChI is InChI=1S/C17H22N2O4/c1-17(2,3)23-16(20)19-14-6-5-13(21-4)9-15(14)18-10-12-7-8-22-11-12/h5-9,11,18H,10H2,1-4H3,(H,19,20). The molecule has 2 N–H and O–H groups in total. The van der Waals surface area contributed by atoms with E-state index < -0.39 is 11.7 Å². The van der Waals surface area contributed by atoms with Crippen molar-refractivity contribution in [3.63, 3.8) is 0 Å². The number of amides is 1. The van der Waals surface area contributed by atoms with Crippen molar-refractivity contribution < 1.29 is 18.7 Å². The molecule has 0 saturated carbocycles. The van der Waals surface area contributed by atoms with Crippen LogP contribution in [0.1, 0.15) is 26.3 Å². The number of benzene rings is 1. The lowest BCUT2D eigenvalue weighted by Crippen LogP contribution is -2.27. The number of hydrogen-bond acceptors (Lipinski definition) is 5. The molecule has 0 aliphatic rings. The Morgan fingerprint density at radius 2 is 2.00 bits per heavy atom. The zero-order valence-corrected chi connectivity index (χ0v) is 13.8. The summed E-state index contributed by atoms with van der Waals surface area (Å²) in [4.78, 5) is 12.0. The second kappa shape index (κ2) is 7.09. The van der Waals surface area contributed by atoms with Gasteiger partial charge in [0.25, 0.3) is 0 Å². The van der Waals surface area contributed by atoms with Gasteiger partial charge in [0.1, 0.15) is 11.4 Å². The summed E-state index contributed by atoms with van der Waals surface area (Å²) in [6, 6.07) is 7.22. The monoisotopic (exact) mass is 318 g/mol. The van der Waals surface area contributed by atoms with Gasteiger partial charge in [0.2, 0.25) is 0 Å². The van der Waals surface area contributed by atoms with Crippen molar-refractivity contribution >= 4 is 17.5 Å². The second-order valence-corrected chi connectivity index (χ2v) is 6.02. The number of ether oxygens (including phenoxy) is 2. The number of anilines is 2. The Bertz CT molecular complexity index is 645. The van der Waals surface area contributed by atoms with E-state index >= 15 is 0 Å². The smallest absolute Gasteiger partial charge is 0.412 e. The molecule has 6 heteroatoms. The summed E-state index contributed by atoms with van der Waals surface area (Å²) >= 11 is 0. The van der Waals surface area contributed by atoms with Crippen molar-refractivity contribution in [2.75, 3.05) is 17.7 Å². The van der Waals surface area contributed by atoms with Gasteiger partial charge in [-0.3, -0.25) is 5.32 Å². The highest BCUT2D eigenvalue weighted by molar-refractivity contribution is 5.90. The van der Waals surface area contributed by atoms with E-state index in [1.807, 2.05) is 32.9 Å². The molecule has 23 heavy (non-hydrogen) atoms. The quantitative estimate of drug-likeness (QED) is 0.862. The largest absolute Gasteiger partial charge is 0.497 e. The Morgan fingerprint density at radius 3 is 2.61 bits per heavy atom. The SMILES string of the molecule is COc1ccc(NC(=O)OC(C)(C)C)c(NCc2ccoc2)c1. The minimum absolute atomic E-state index is 0.506. The third-order valence-electron chi connectivity index (χ3n) is 2.93. The first-order valence-electron chi connectivity index (χ1n) is 7.30. The lowest BCUT2D eigenvalue weighted by atomic mass is 10.2. The highest BCUT2D eigenvalue weighted by Crippen LogP contribution is 2.28. The van der Waals surface area contributed by atoms with Crippen molar-refractivity contribution in [3.05, 3.63) is 42.4 Å². The second-order valence-electron chi connectivity index (χ2n) is 6.02. The third-order valence-corrected chi connectivity index (χ3v) is 2.93. The van der Waals surface area contributed by atoms with E-state index in [0.29, 0.717) is 18.0 Å². The highest BCUT2D eigenvalue weighted by Gasteiger charge is 2.17. The molecule has 0 fully saturated rings. The van der Waals surface area contributed by atoms with Gasteiger partial charge >= 0.3 is 6.09 Å². The molecule has 0 saturated heterocycles. The predicted molar refractivity (Wildman–Crippen MR) is 88.9 cm³/mol. The van der Waals surface area contributed by atoms with Crippen LogP contribution in [-0.2, 0) is 11.3 Å². The topological polar surface area (TPSA) is 72.7 Å². The molecular weight excluding hydrogens is 296 g/mol. The molecule has 1 aromatic heterocycles. The Labute approximate surface area is 135 Å². The van der Waals surface area contributed by atoms with Gasteiger partial charge in [-0.1, -0.05) is 0 Å². The van der Waals surface area contributed by atoms with Crippen LogP contribution in [0.5, 0.6) is 5.75 Å². The molecule has 0 unspecified atom stereocenters. The van der Waals surface area contributed by atoms with Crippen LogP contribution in [0.25, 0.3) is 0 Å². The van der Waals surface area contributed by atoms with Gasteiger partial charge in [-0.2, -0.15) is 0 Å². The summed E-state index contributed by atoms with van der Waals surface area (Å²) in [5, 5.41) is 5.99. The molecule has 0 bridgehead atoms. The van der Waals surface area contributed by atoms with Crippen molar-refractivity contribution in [1.29, 1.82) is 0 Å². The van der Waals surface area contributed by atoms with Crippen LogP contribution in [0, 0.1) is 0 Å². The molecule has 2 rings (SSSR count). The van der Waals surface area contributed by atoms with Crippen molar-refractivity contribution in [2.24, 2.45) is 0 Å². The molecule has 0 atom stereocenters. The van der Waals surface area contributed by atoms with Crippen LogP contribution < -0.4 is 15.4 Å². The van der Waals surface area contributed by atoms with E-state index in [1.54, 1.807) is 31.8 Å². The molecule has 1 heterocycles. The first kappa shape index (κ1) is 16.7. The fourth-order valence-electron chi connectivity index (χ4n) is 1.91. The van der Waals surface area contributed by atoms with E-state index in [-0.39, 0.29) is 0 Å². The molecule has 0 aliphatic heterocycles. The maximum absolute atomic E-state index is 12.0. The molecular formula is C17H22N2O4. The van der Waals surface area contributed by atoms with Gasteiger partial charge in [-0.05, 0) is 39.0 Å². The fourth-order valence-corrected chi connectivity index (χ4v) is 1.91.